The summed E-state index contributed by atoms with van der Waals surface area (Å²) in [6.45, 7) is 2.35. The molecule has 4 N–H and O–H groups in total. The van der Waals surface area contributed by atoms with Crippen molar-refractivity contribution in [1.29, 1.82) is 5.26 Å². The van der Waals surface area contributed by atoms with Crippen molar-refractivity contribution in [3.63, 3.8) is 0 Å². The van der Waals surface area contributed by atoms with Crippen molar-refractivity contribution in [3.05, 3.63) is 53.8 Å². The number of ether oxygens (including phenoxy) is 1. The number of hydrogen-bond acceptors (Lipinski definition) is 7. The lowest BCUT2D eigenvalue weighted by molar-refractivity contribution is -0.223. The van der Waals surface area contributed by atoms with Crippen LogP contribution in [-0.2, 0) is 4.74 Å². The number of aliphatic hydroxyl groups is 2. The molecule has 3 fully saturated rings. The first-order chi connectivity index (χ1) is 18.1. The Morgan fingerprint density at radius 2 is 1.97 bits per heavy atom. The summed E-state index contributed by atoms with van der Waals surface area (Å²) in [4.78, 5) is 6.22. The highest BCUT2D eigenvalue weighted by atomic mass is 16.5. The van der Waals surface area contributed by atoms with Crippen LogP contribution in [0.5, 0.6) is 0 Å². The molecule has 8 atom stereocenters. The first kappa shape index (κ1) is 24.3. The largest absolute Gasteiger partial charge is 0.388 e. The van der Waals surface area contributed by atoms with Crippen molar-refractivity contribution in [2.24, 2.45) is 16.7 Å². The molecule has 3 heterocycles. The maximum Gasteiger partial charge on any atom is 0.131 e. The number of nitriles is 1. The fraction of sp³-hybridized carbons (Fsp3) is 0.548. The van der Waals surface area contributed by atoms with E-state index < -0.39 is 28.8 Å². The number of benzene rings is 1. The van der Waals surface area contributed by atoms with Crippen molar-refractivity contribution in [1.82, 2.24) is 9.88 Å². The Bertz CT molecular complexity index is 1460. The van der Waals surface area contributed by atoms with Crippen LogP contribution in [0.3, 0.4) is 0 Å². The van der Waals surface area contributed by atoms with Gasteiger partial charge in [-0.05, 0) is 92.3 Å². The van der Waals surface area contributed by atoms with Gasteiger partial charge in [-0.3, -0.25) is 0 Å². The average Bonchev–Trinajstić information content (AvgIpc) is 3.43. The van der Waals surface area contributed by atoms with E-state index in [4.69, 9.17) is 10.5 Å². The van der Waals surface area contributed by atoms with Gasteiger partial charge in [0.25, 0.3) is 0 Å². The first-order valence-corrected chi connectivity index (χ1v) is 13.8. The Kier molecular flexibility index (Phi) is 4.90. The topological polar surface area (TPSA) is 116 Å². The molecule has 2 aliphatic heterocycles. The van der Waals surface area contributed by atoms with E-state index in [9.17, 15) is 15.5 Å². The van der Waals surface area contributed by atoms with Gasteiger partial charge < -0.3 is 25.6 Å². The first-order valence-electron chi connectivity index (χ1n) is 13.8. The van der Waals surface area contributed by atoms with Gasteiger partial charge in [-0.25, -0.2) is 4.98 Å². The molecule has 0 amide bonds. The highest BCUT2D eigenvalue weighted by Crippen LogP contribution is 2.72. The number of aliphatic hydroxyl groups excluding tert-OH is 2. The summed E-state index contributed by atoms with van der Waals surface area (Å²) in [7, 11) is 3.88. The molecule has 38 heavy (non-hydrogen) atoms. The summed E-state index contributed by atoms with van der Waals surface area (Å²) in [6, 6.07) is 10.9. The fourth-order valence-electron chi connectivity index (χ4n) is 9.06. The Morgan fingerprint density at radius 1 is 1.16 bits per heavy atom. The molecule has 7 nitrogen and oxygen atoms in total. The number of hydrogen-bond donors (Lipinski definition) is 3. The van der Waals surface area contributed by atoms with Crippen LogP contribution in [0.2, 0.25) is 0 Å². The maximum absolute atomic E-state index is 11.3. The second kappa shape index (κ2) is 7.67. The molecule has 2 aromatic rings. The molecular formula is C31H36N4O3. The van der Waals surface area contributed by atoms with E-state index in [1.807, 2.05) is 31.1 Å². The van der Waals surface area contributed by atoms with Gasteiger partial charge in [-0.15, -0.1) is 0 Å². The molecule has 198 valence electrons. The van der Waals surface area contributed by atoms with Crippen LogP contribution < -0.4 is 5.73 Å². The monoisotopic (exact) mass is 512 g/mol. The third-order valence-corrected chi connectivity index (χ3v) is 11.0. The number of allylic oxidation sites excluding steroid dienone is 2. The van der Waals surface area contributed by atoms with Gasteiger partial charge in [0.1, 0.15) is 17.3 Å². The van der Waals surface area contributed by atoms with Crippen molar-refractivity contribution < 1.29 is 14.9 Å². The van der Waals surface area contributed by atoms with Gasteiger partial charge in [0.05, 0.1) is 23.4 Å². The lowest BCUT2D eigenvalue weighted by atomic mass is 9.49. The second-order valence-corrected chi connectivity index (χ2v) is 12.8. The van der Waals surface area contributed by atoms with Crippen LogP contribution in [0.15, 0.2) is 48.2 Å². The minimum atomic E-state index is -1.03. The molecule has 5 aliphatic rings. The summed E-state index contributed by atoms with van der Waals surface area (Å²) in [5.41, 5.74) is 7.15. The Balaban J connectivity index is 1.32. The highest BCUT2D eigenvalue weighted by molar-refractivity contribution is 5.93. The molecular weight excluding hydrogens is 476 g/mol. The number of rotatable bonds is 2. The van der Waals surface area contributed by atoms with E-state index in [-0.39, 0.29) is 17.4 Å². The van der Waals surface area contributed by atoms with E-state index in [2.05, 4.69) is 42.3 Å². The minimum Gasteiger partial charge on any atom is -0.388 e. The van der Waals surface area contributed by atoms with Crippen molar-refractivity contribution in [2.45, 2.75) is 74.9 Å². The number of nitrogen functional groups attached to an aromatic ring is 1. The third-order valence-electron chi connectivity index (χ3n) is 11.0. The number of nitrogens with zero attached hydrogens (tertiary/aromatic N) is 3. The van der Waals surface area contributed by atoms with Crippen LogP contribution in [0, 0.1) is 28.1 Å². The van der Waals surface area contributed by atoms with Gasteiger partial charge in [0.15, 0.2) is 0 Å². The standard InChI is InChI=1S/C31H36N4O3/c1-28-9-10-29(17-32)15-22-25(36)26(37)23(35(2)3)16-30(22)11-12-31(29,38-30)24(28)7-6-21(28)19-4-5-20-18(14-19)8-13-34-27(20)33/h4-6,8,13-15,23-26,36-37H,7,9-12,16H2,1-3H3,(H2,33,34)/t23-,24?,25+,26+,28+,29?,30+,31-/m0/s1. The van der Waals surface area contributed by atoms with Gasteiger partial charge >= 0.3 is 0 Å². The lowest BCUT2D eigenvalue weighted by Crippen LogP contribution is -2.66. The molecule has 7 rings (SSSR count). The Labute approximate surface area is 223 Å². The maximum atomic E-state index is 11.3. The predicted molar refractivity (Wildman–Crippen MR) is 146 cm³/mol. The summed E-state index contributed by atoms with van der Waals surface area (Å²) >= 11 is 0. The van der Waals surface area contributed by atoms with E-state index >= 15 is 0 Å². The summed E-state index contributed by atoms with van der Waals surface area (Å²) in [5, 5.41) is 35.0. The van der Waals surface area contributed by atoms with E-state index in [1.54, 1.807) is 6.20 Å². The van der Waals surface area contributed by atoms with Crippen LogP contribution >= 0.6 is 0 Å². The minimum absolute atomic E-state index is 0.142. The molecule has 1 saturated heterocycles. The molecule has 2 unspecified atom stereocenters. The molecule has 2 spiro atoms. The van der Waals surface area contributed by atoms with Crippen LogP contribution in [-0.4, -0.2) is 63.6 Å². The lowest BCUT2D eigenvalue weighted by Gasteiger charge is -2.61. The number of fused-ring (bicyclic) bond motifs is 2. The Morgan fingerprint density at radius 3 is 2.74 bits per heavy atom. The van der Waals surface area contributed by atoms with Gasteiger partial charge in [0.2, 0.25) is 0 Å². The van der Waals surface area contributed by atoms with Gasteiger partial charge in [-0.2, -0.15) is 5.26 Å². The van der Waals surface area contributed by atoms with E-state index in [0.29, 0.717) is 18.7 Å². The van der Waals surface area contributed by atoms with Crippen molar-refractivity contribution in [2.75, 3.05) is 19.8 Å². The molecule has 2 bridgehead atoms. The zero-order valence-electron chi connectivity index (χ0n) is 22.3. The number of aromatic nitrogens is 1. The highest BCUT2D eigenvalue weighted by Gasteiger charge is 2.74. The quantitative estimate of drug-likeness (QED) is 0.524. The normalized spacial score (nSPS) is 43.2. The number of nitrogens with two attached hydrogens (primary N) is 1. The molecule has 2 saturated carbocycles. The van der Waals surface area contributed by atoms with Crippen LogP contribution in [0.1, 0.15) is 51.0 Å². The van der Waals surface area contributed by atoms with E-state index in [0.717, 1.165) is 42.0 Å². The zero-order valence-corrected chi connectivity index (χ0v) is 22.3. The van der Waals surface area contributed by atoms with Crippen molar-refractivity contribution >= 4 is 22.2 Å². The van der Waals surface area contributed by atoms with E-state index in [1.165, 1.54) is 11.1 Å². The zero-order chi connectivity index (χ0) is 26.7. The summed E-state index contributed by atoms with van der Waals surface area (Å²) in [6.07, 6.45) is 8.79. The Hall–Kier alpha value is -2.76. The fourth-order valence-corrected chi connectivity index (χ4v) is 9.06. The molecule has 0 radical (unpaired) electrons. The van der Waals surface area contributed by atoms with Gasteiger partial charge in [-0.1, -0.05) is 31.2 Å². The SMILES string of the molecule is CN(C)[C@H]1C[C@@]23CC[C@]4(O2)C2CC=C(c5ccc6c(N)nccc6c5)[C@@]2(C)CCC4(C#N)C=C3[C@@H](O)[C@@H]1O. The number of pyridine rings is 1. The van der Waals surface area contributed by atoms with Crippen molar-refractivity contribution in [3.8, 4) is 6.07 Å². The average molecular weight is 513 g/mol. The second-order valence-electron chi connectivity index (χ2n) is 12.8. The molecule has 7 heteroatoms. The van der Waals surface area contributed by atoms with Crippen LogP contribution in [0.25, 0.3) is 16.3 Å². The van der Waals surface area contributed by atoms with Crippen LogP contribution in [0.4, 0.5) is 5.82 Å². The number of anilines is 1. The van der Waals surface area contributed by atoms with Gasteiger partial charge in [0, 0.05) is 23.5 Å². The molecule has 1 aromatic carbocycles. The summed E-state index contributed by atoms with van der Waals surface area (Å²) < 4.78 is 7.28. The molecule has 3 aliphatic carbocycles. The smallest absolute Gasteiger partial charge is 0.131 e. The molecule has 1 aromatic heterocycles. The number of likely N-dealkylation sites (N-methyl/N-ethyl adjacent to an activating group) is 1. The summed E-state index contributed by atoms with van der Waals surface area (Å²) in [5.74, 6) is 0.690. The third kappa shape index (κ3) is 2.79. The predicted octanol–water partition coefficient (Wildman–Crippen LogP) is 3.81.